The molecule has 1 N–H and O–H groups in total. The van der Waals surface area contributed by atoms with Gasteiger partial charge in [0.15, 0.2) is 0 Å². The molecule has 0 aliphatic heterocycles. The second kappa shape index (κ2) is 6.58. The van der Waals surface area contributed by atoms with E-state index in [0.29, 0.717) is 12.6 Å². The van der Waals surface area contributed by atoms with Crippen LogP contribution in [0, 0.1) is 0 Å². The Bertz CT molecular complexity index is 536. The van der Waals surface area contributed by atoms with E-state index in [1.165, 1.54) is 16.3 Å². The topological polar surface area (TPSA) is 21.3 Å². The van der Waals surface area contributed by atoms with Crippen LogP contribution in [0.25, 0.3) is 10.8 Å². The van der Waals surface area contributed by atoms with E-state index in [0.717, 1.165) is 18.7 Å². The molecule has 0 heterocycles. The average molecular weight is 257 g/mol. The molecule has 0 radical (unpaired) electrons. The highest BCUT2D eigenvalue weighted by Gasteiger charge is 2.13. The average Bonchev–Trinajstić information content (AvgIpc) is 2.45. The van der Waals surface area contributed by atoms with Gasteiger partial charge in [-0.25, -0.2) is 0 Å². The van der Waals surface area contributed by atoms with Gasteiger partial charge in [-0.2, -0.15) is 0 Å². The van der Waals surface area contributed by atoms with E-state index in [2.05, 4.69) is 55.6 Å². The van der Waals surface area contributed by atoms with Crippen molar-refractivity contribution in [3.05, 3.63) is 42.0 Å². The smallest absolute Gasteiger partial charge is 0.131 e. The second-order valence-corrected chi connectivity index (χ2v) is 4.81. The highest BCUT2D eigenvalue weighted by Crippen LogP contribution is 2.33. The molecule has 2 heteroatoms. The highest BCUT2D eigenvalue weighted by atomic mass is 16.5. The van der Waals surface area contributed by atoms with Crippen LogP contribution < -0.4 is 10.1 Å². The molecule has 0 aliphatic carbocycles. The summed E-state index contributed by atoms with van der Waals surface area (Å²) in [7, 11) is 0. The number of ether oxygens (including phenoxy) is 1. The molecule has 2 rings (SSSR count). The molecule has 0 aromatic heterocycles. The third-order valence-electron chi connectivity index (χ3n) is 3.37. The summed E-state index contributed by atoms with van der Waals surface area (Å²) in [6, 6.07) is 13.1. The molecule has 0 saturated heterocycles. The van der Waals surface area contributed by atoms with Crippen molar-refractivity contribution in [2.75, 3.05) is 13.2 Å². The van der Waals surface area contributed by atoms with E-state index in [4.69, 9.17) is 4.74 Å². The summed E-state index contributed by atoms with van der Waals surface area (Å²) in [4.78, 5) is 0. The first-order valence-corrected chi connectivity index (χ1v) is 7.15. The fraction of sp³-hybridized carbons (Fsp3) is 0.412. The number of rotatable bonds is 6. The zero-order valence-corrected chi connectivity index (χ0v) is 12.1. The van der Waals surface area contributed by atoms with Gasteiger partial charge in [0, 0.05) is 17.0 Å². The monoisotopic (exact) mass is 257 g/mol. The van der Waals surface area contributed by atoms with Gasteiger partial charge < -0.3 is 10.1 Å². The Morgan fingerprint density at radius 2 is 1.89 bits per heavy atom. The van der Waals surface area contributed by atoms with Crippen LogP contribution in [0.4, 0.5) is 0 Å². The highest BCUT2D eigenvalue weighted by molar-refractivity contribution is 5.89. The maximum Gasteiger partial charge on any atom is 0.131 e. The maximum absolute atomic E-state index is 5.91. The lowest BCUT2D eigenvalue weighted by molar-refractivity contribution is 0.336. The van der Waals surface area contributed by atoms with E-state index in [1.54, 1.807) is 0 Å². The molecule has 1 unspecified atom stereocenters. The first-order valence-electron chi connectivity index (χ1n) is 7.15. The van der Waals surface area contributed by atoms with Crippen molar-refractivity contribution < 1.29 is 4.74 Å². The van der Waals surface area contributed by atoms with Gasteiger partial charge in [0.25, 0.3) is 0 Å². The van der Waals surface area contributed by atoms with E-state index in [1.807, 2.05) is 6.92 Å². The van der Waals surface area contributed by atoms with E-state index < -0.39 is 0 Å². The summed E-state index contributed by atoms with van der Waals surface area (Å²) < 4.78 is 5.91. The first-order chi connectivity index (χ1) is 9.27. The molecule has 0 spiro atoms. The molecule has 19 heavy (non-hydrogen) atoms. The van der Waals surface area contributed by atoms with E-state index >= 15 is 0 Å². The standard InChI is InChI=1S/C17H23NO/c1-4-12-18-13(3)15-11-10-14-8-6-7-9-16(14)17(15)19-5-2/h6-11,13,18H,4-5,12H2,1-3H3. The molecule has 2 nitrogen and oxygen atoms in total. The lowest BCUT2D eigenvalue weighted by atomic mass is 10.0. The van der Waals surface area contributed by atoms with Crippen molar-refractivity contribution in [2.45, 2.75) is 33.2 Å². The Labute approximate surface area is 115 Å². The molecule has 102 valence electrons. The summed E-state index contributed by atoms with van der Waals surface area (Å²) in [5.74, 6) is 1.02. The van der Waals surface area contributed by atoms with Crippen molar-refractivity contribution in [3.8, 4) is 5.75 Å². The summed E-state index contributed by atoms with van der Waals surface area (Å²) in [6.07, 6.45) is 1.14. The molecule has 0 aliphatic rings. The third-order valence-corrected chi connectivity index (χ3v) is 3.37. The van der Waals surface area contributed by atoms with Gasteiger partial charge in [-0.1, -0.05) is 43.3 Å². The van der Waals surface area contributed by atoms with Crippen LogP contribution in [-0.2, 0) is 0 Å². The van der Waals surface area contributed by atoms with Gasteiger partial charge in [-0.15, -0.1) is 0 Å². The zero-order valence-electron chi connectivity index (χ0n) is 12.1. The fourth-order valence-corrected chi connectivity index (χ4v) is 2.38. The predicted molar refractivity (Wildman–Crippen MR) is 81.8 cm³/mol. The number of hydrogen-bond donors (Lipinski definition) is 1. The molecule has 0 saturated carbocycles. The molecular formula is C17H23NO. The number of hydrogen-bond acceptors (Lipinski definition) is 2. The number of fused-ring (bicyclic) bond motifs is 1. The van der Waals surface area contributed by atoms with Crippen LogP contribution in [0.3, 0.4) is 0 Å². The van der Waals surface area contributed by atoms with Gasteiger partial charge in [-0.05, 0) is 32.2 Å². The van der Waals surface area contributed by atoms with Crippen LogP contribution in [0.5, 0.6) is 5.75 Å². The minimum atomic E-state index is 0.311. The van der Waals surface area contributed by atoms with Crippen molar-refractivity contribution in [1.29, 1.82) is 0 Å². The van der Waals surface area contributed by atoms with E-state index in [-0.39, 0.29) is 0 Å². The fourth-order valence-electron chi connectivity index (χ4n) is 2.38. The van der Waals surface area contributed by atoms with Crippen LogP contribution in [0.15, 0.2) is 36.4 Å². The summed E-state index contributed by atoms with van der Waals surface area (Å²) in [5, 5.41) is 5.97. The Morgan fingerprint density at radius 1 is 1.11 bits per heavy atom. The quantitative estimate of drug-likeness (QED) is 0.833. The molecule has 0 amide bonds. The third kappa shape index (κ3) is 3.07. The molecule has 2 aromatic carbocycles. The number of nitrogens with one attached hydrogen (secondary N) is 1. The number of benzene rings is 2. The van der Waals surface area contributed by atoms with Crippen LogP contribution in [-0.4, -0.2) is 13.2 Å². The summed E-state index contributed by atoms with van der Waals surface area (Å²) in [6.45, 7) is 8.14. The van der Waals surface area contributed by atoms with Crippen LogP contribution in [0.1, 0.15) is 38.8 Å². The van der Waals surface area contributed by atoms with Gasteiger partial charge in [-0.3, -0.25) is 0 Å². The summed E-state index contributed by atoms with van der Waals surface area (Å²) >= 11 is 0. The Hall–Kier alpha value is -1.54. The normalized spacial score (nSPS) is 12.6. The zero-order chi connectivity index (χ0) is 13.7. The summed E-state index contributed by atoms with van der Waals surface area (Å²) in [5.41, 5.74) is 1.24. The Kier molecular flexibility index (Phi) is 4.80. The van der Waals surface area contributed by atoms with Crippen LogP contribution in [0.2, 0.25) is 0 Å². The second-order valence-electron chi connectivity index (χ2n) is 4.81. The Balaban J connectivity index is 2.44. The largest absolute Gasteiger partial charge is 0.493 e. The molecule has 2 aromatic rings. The van der Waals surface area contributed by atoms with Crippen molar-refractivity contribution in [1.82, 2.24) is 5.32 Å². The van der Waals surface area contributed by atoms with Crippen molar-refractivity contribution >= 4 is 10.8 Å². The van der Waals surface area contributed by atoms with Gasteiger partial charge >= 0.3 is 0 Å². The van der Waals surface area contributed by atoms with Gasteiger partial charge in [0.2, 0.25) is 0 Å². The van der Waals surface area contributed by atoms with Crippen molar-refractivity contribution in [3.63, 3.8) is 0 Å². The molecule has 1 atom stereocenters. The lowest BCUT2D eigenvalue weighted by Gasteiger charge is -2.19. The maximum atomic E-state index is 5.91. The van der Waals surface area contributed by atoms with Crippen LogP contribution >= 0.6 is 0 Å². The van der Waals surface area contributed by atoms with E-state index in [9.17, 15) is 0 Å². The molecule has 0 bridgehead atoms. The lowest BCUT2D eigenvalue weighted by Crippen LogP contribution is -2.20. The molecule has 0 fully saturated rings. The minimum Gasteiger partial charge on any atom is -0.493 e. The Morgan fingerprint density at radius 3 is 2.63 bits per heavy atom. The first kappa shape index (κ1) is 13.9. The SMILES string of the molecule is CCCNC(C)c1ccc2ccccc2c1OCC. The molecular weight excluding hydrogens is 234 g/mol. The van der Waals surface area contributed by atoms with Crippen molar-refractivity contribution in [2.24, 2.45) is 0 Å². The van der Waals surface area contributed by atoms with Gasteiger partial charge in [0.1, 0.15) is 5.75 Å². The predicted octanol–water partition coefficient (Wildman–Crippen LogP) is 4.30. The minimum absolute atomic E-state index is 0.311. The van der Waals surface area contributed by atoms with Gasteiger partial charge in [0.05, 0.1) is 6.61 Å².